The van der Waals surface area contributed by atoms with Crippen molar-refractivity contribution in [1.82, 2.24) is 25.3 Å². The first-order valence-corrected chi connectivity index (χ1v) is 10.0. The lowest BCUT2D eigenvalue weighted by Crippen LogP contribution is -2.42. The molecule has 0 saturated carbocycles. The second kappa shape index (κ2) is 10.3. The summed E-state index contributed by atoms with van der Waals surface area (Å²) in [5.74, 6) is 1.48. The largest absolute Gasteiger partial charge is 0.354 e. The molecule has 2 N–H and O–H groups in total. The maximum atomic E-state index is 4.40. The molecule has 154 valence electrons. The first kappa shape index (κ1) is 22.0. The second-order valence-electron chi connectivity index (χ2n) is 8.09. The Bertz CT molecular complexity index is 745. The highest BCUT2D eigenvalue weighted by Gasteiger charge is 2.17. The third-order valence-electron chi connectivity index (χ3n) is 4.90. The molecule has 0 bridgehead atoms. The van der Waals surface area contributed by atoms with Gasteiger partial charge in [0.2, 0.25) is 0 Å². The normalized spacial score (nSPS) is 14.4. The maximum absolute atomic E-state index is 4.40. The molecule has 1 aromatic heterocycles. The van der Waals surface area contributed by atoms with Gasteiger partial charge in [-0.25, -0.2) is 0 Å². The number of aromatic nitrogens is 2. The molecule has 0 saturated heterocycles. The smallest absolute Gasteiger partial charge is 0.191 e. The van der Waals surface area contributed by atoms with E-state index in [1.165, 1.54) is 16.7 Å². The van der Waals surface area contributed by atoms with E-state index in [1.54, 1.807) is 0 Å². The Morgan fingerprint density at radius 2 is 1.82 bits per heavy atom. The van der Waals surface area contributed by atoms with Gasteiger partial charge in [-0.05, 0) is 44.5 Å². The average molecular weight is 385 g/mol. The minimum absolute atomic E-state index is 0.176. The van der Waals surface area contributed by atoms with Crippen molar-refractivity contribution in [3.63, 3.8) is 0 Å². The van der Waals surface area contributed by atoms with Gasteiger partial charge in [0, 0.05) is 32.4 Å². The Morgan fingerprint density at radius 3 is 2.32 bits per heavy atom. The van der Waals surface area contributed by atoms with Crippen LogP contribution in [0, 0.1) is 5.92 Å². The van der Waals surface area contributed by atoms with Crippen molar-refractivity contribution in [2.75, 3.05) is 27.7 Å². The van der Waals surface area contributed by atoms with Crippen LogP contribution in [0.5, 0.6) is 0 Å². The Morgan fingerprint density at radius 1 is 1.14 bits per heavy atom. The van der Waals surface area contributed by atoms with Crippen LogP contribution in [0.1, 0.15) is 49.5 Å². The van der Waals surface area contributed by atoms with Crippen LogP contribution in [0.4, 0.5) is 0 Å². The van der Waals surface area contributed by atoms with E-state index in [2.05, 4.69) is 91.0 Å². The number of aliphatic imine (C=N–C) groups is 1. The lowest BCUT2D eigenvalue weighted by atomic mass is 10.00. The van der Waals surface area contributed by atoms with Crippen molar-refractivity contribution in [2.45, 2.75) is 39.3 Å². The zero-order valence-electron chi connectivity index (χ0n) is 18.4. The first-order valence-electron chi connectivity index (χ1n) is 10.0. The van der Waals surface area contributed by atoms with Crippen LogP contribution in [0.3, 0.4) is 0 Å². The summed E-state index contributed by atoms with van der Waals surface area (Å²) in [7, 11) is 7.91. The molecule has 2 aromatic rings. The van der Waals surface area contributed by atoms with Crippen LogP contribution in [0.15, 0.2) is 41.7 Å². The number of likely N-dealkylation sites (N-methyl/N-ethyl adjacent to an activating group) is 1. The first-order chi connectivity index (χ1) is 13.3. The van der Waals surface area contributed by atoms with E-state index in [-0.39, 0.29) is 12.1 Å². The summed E-state index contributed by atoms with van der Waals surface area (Å²) in [6, 6.07) is 9.28. The number of hydrogen-bond donors (Lipinski definition) is 2. The molecule has 1 heterocycles. The van der Waals surface area contributed by atoms with E-state index < -0.39 is 0 Å². The molecule has 6 nitrogen and oxygen atoms in total. The van der Waals surface area contributed by atoms with E-state index in [0.717, 1.165) is 18.9 Å². The molecule has 6 heteroatoms. The van der Waals surface area contributed by atoms with Gasteiger partial charge in [0.15, 0.2) is 5.96 Å². The summed E-state index contributed by atoms with van der Waals surface area (Å²) >= 11 is 0. The Balaban J connectivity index is 1.95. The summed E-state index contributed by atoms with van der Waals surface area (Å²) in [5, 5.41) is 11.2. The zero-order valence-corrected chi connectivity index (χ0v) is 18.4. The van der Waals surface area contributed by atoms with Crippen LogP contribution in [0.25, 0.3) is 0 Å². The molecule has 2 rings (SSSR count). The number of aryl methyl sites for hydroxylation is 1. The highest BCUT2D eigenvalue weighted by atomic mass is 15.3. The Labute approximate surface area is 170 Å². The van der Waals surface area contributed by atoms with Crippen molar-refractivity contribution >= 4 is 5.96 Å². The molecule has 0 amide bonds. The highest BCUT2D eigenvalue weighted by molar-refractivity contribution is 5.80. The summed E-state index contributed by atoms with van der Waals surface area (Å²) in [6.45, 7) is 7.41. The highest BCUT2D eigenvalue weighted by Crippen LogP contribution is 2.17. The molecule has 0 radical (unpaired) electrons. The molecule has 0 spiro atoms. The molecule has 28 heavy (non-hydrogen) atoms. The predicted octanol–water partition coefficient (Wildman–Crippen LogP) is 3.15. The average Bonchev–Trinajstić information content (AvgIpc) is 3.06. The lowest BCUT2D eigenvalue weighted by Gasteiger charge is -2.25. The molecule has 2 atom stereocenters. The van der Waals surface area contributed by atoms with Gasteiger partial charge in [-0.2, -0.15) is 5.10 Å². The number of hydrogen-bond acceptors (Lipinski definition) is 3. The number of nitrogens with zero attached hydrogens (tertiary/aromatic N) is 4. The van der Waals surface area contributed by atoms with E-state index in [1.807, 2.05) is 25.0 Å². The maximum Gasteiger partial charge on any atom is 0.191 e. The van der Waals surface area contributed by atoms with Crippen molar-refractivity contribution < 1.29 is 0 Å². The van der Waals surface area contributed by atoms with E-state index in [9.17, 15) is 0 Å². The van der Waals surface area contributed by atoms with Crippen LogP contribution in [0.2, 0.25) is 0 Å². The van der Waals surface area contributed by atoms with Gasteiger partial charge >= 0.3 is 0 Å². The van der Waals surface area contributed by atoms with Gasteiger partial charge in [0.05, 0.1) is 18.3 Å². The topological polar surface area (TPSA) is 57.5 Å². The van der Waals surface area contributed by atoms with E-state index in [4.69, 9.17) is 0 Å². The van der Waals surface area contributed by atoms with Gasteiger partial charge in [-0.3, -0.25) is 9.67 Å². The summed E-state index contributed by atoms with van der Waals surface area (Å²) in [6.07, 6.45) is 5.10. The molecule has 0 aliphatic carbocycles. The van der Waals surface area contributed by atoms with Crippen molar-refractivity contribution in [1.29, 1.82) is 0 Å². The third-order valence-corrected chi connectivity index (χ3v) is 4.90. The van der Waals surface area contributed by atoms with Crippen molar-refractivity contribution in [2.24, 2.45) is 18.0 Å². The molecule has 0 aliphatic rings. The second-order valence-corrected chi connectivity index (χ2v) is 8.09. The van der Waals surface area contributed by atoms with Crippen LogP contribution in [-0.4, -0.2) is 48.3 Å². The minimum Gasteiger partial charge on any atom is -0.354 e. The fraction of sp³-hybridized carbons (Fsp3) is 0.545. The van der Waals surface area contributed by atoms with Crippen LogP contribution >= 0.6 is 0 Å². The van der Waals surface area contributed by atoms with Crippen LogP contribution < -0.4 is 10.6 Å². The van der Waals surface area contributed by atoms with Gasteiger partial charge in [0.25, 0.3) is 0 Å². The van der Waals surface area contributed by atoms with Gasteiger partial charge < -0.3 is 15.5 Å². The number of benzene rings is 1. The lowest BCUT2D eigenvalue weighted by molar-refractivity contribution is 0.298. The van der Waals surface area contributed by atoms with Crippen molar-refractivity contribution in [3.05, 3.63) is 53.3 Å². The van der Waals surface area contributed by atoms with Crippen molar-refractivity contribution in [3.8, 4) is 0 Å². The number of guanidine groups is 1. The molecular formula is C22H36N6. The molecule has 2 unspecified atom stereocenters. The van der Waals surface area contributed by atoms with Gasteiger partial charge in [0.1, 0.15) is 0 Å². The van der Waals surface area contributed by atoms with Crippen LogP contribution in [-0.2, 0) is 13.5 Å². The molecule has 1 aromatic carbocycles. The standard InChI is InChI=1S/C22H36N6/c1-16(2)12-18-8-10-19(11-9-18)17(3)26-22(23-4)24-14-21(27(5)6)20-13-25-28(7)15-20/h8-11,13,15-17,21H,12,14H2,1-7H3,(H2,23,24,26). The predicted molar refractivity (Wildman–Crippen MR) is 118 cm³/mol. The van der Waals surface area contributed by atoms with Gasteiger partial charge in [-0.1, -0.05) is 38.1 Å². The Kier molecular flexibility index (Phi) is 8.05. The molecular weight excluding hydrogens is 348 g/mol. The third kappa shape index (κ3) is 6.37. The summed E-state index contributed by atoms with van der Waals surface area (Å²) < 4.78 is 1.84. The molecule has 0 aliphatic heterocycles. The number of rotatable bonds is 8. The quantitative estimate of drug-likeness (QED) is 0.542. The minimum atomic E-state index is 0.176. The fourth-order valence-corrected chi connectivity index (χ4v) is 3.30. The fourth-order valence-electron chi connectivity index (χ4n) is 3.30. The molecule has 0 fully saturated rings. The summed E-state index contributed by atoms with van der Waals surface area (Å²) in [5.41, 5.74) is 3.83. The Hall–Kier alpha value is -2.34. The number of nitrogens with one attached hydrogen (secondary N) is 2. The van der Waals surface area contributed by atoms with Gasteiger partial charge in [-0.15, -0.1) is 0 Å². The zero-order chi connectivity index (χ0) is 20.7. The monoisotopic (exact) mass is 384 g/mol. The van der Waals surface area contributed by atoms with E-state index >= 15 is 0 Å². The summed E-state index contributed by atoms with van der Waals surface area (Å²) in [4.78, 5) is 6.58. The van der Waals surface area contributed by atoms with E-state index in [0.29, 0.717) is 5.92 Å². The SMILES string of the molecule is CN=C(NCC(c1cnn(C)c1)N(C)C)NC(C)c1ccc(CC(C)C)cc1.